The summed E-state index contributed by atoms with van der Waals surface area (Å²) in [6.07, 6.45) is 2.78. The summed E-state index contributed by atoms with van der Waals surface area (Å²) in [5.74, 6) is 0.875. The van der Waals surface area contributed by atoms with Gasteiger partial charge in [0.15, 0.2) is 0 Å². The first-order valence-electron chi connectivity index (χ1n) is 10.1. The Morgan fingerprint density at radius 3 is 2.70 bits per heavy atom. The van der Waals surface area contributed by atoms with E-state index < -0.39 is 5.97 Å². The molecule has 1 fully saturated rings. The number of carboxylic acids is 1. The molecule has 1 spiro atoms. The van der Waals surface area contributed by atoms with E-state index in [-0.39, 0.29) is 24.4 Å². The van der Waals surface area contributed by atoms with Crippen LogP contribution in [0.5, 0.6) is 11.5 Å². The average Bonchev–Trinajstić information content (AvgIpc) is 3.06. The Hall–Kier alpha value is -1.95. The molecule has 0 aromatic heterocycles. The maximum absolute atomic E-state index is 10.9. The van der Waals surface area contributed by atoms with Gasteiger partial charge in [-0.1, -0.05) is 36.7 Å². The monoisotopic (exact) mass is 451 g/mol. The fraction of sp³-hybridized carbons (Fsp3) is 0.435. The lowest BCUT2D eigenvalue weighted by molar-refractivity contribution is -0.138. The van der Waals surface area contributed by atoms with E-state index in [1.165, 1.54) is 11.1 Å². The maximum Gasteiger partial charge on any atom is 0.317 e. The first kappa shape index (κ1) is 22.7. The quantitative estimate of drug-likeness (QED) is 0.688. The van der Waals surface area contributed by atoms with Gasteiger partial charge >= 0.3 is 5.97 Å². The van der Waals surface area contributed by atoms with Crippen molar-refractivity contribution in [2.24, 2.45) is 0 Å². The molecular formula is C23H27Cl2NO4. The fourth-order valence-electron chi connectivity index (χ4n) is 4.31. The summed E-state index contributed by atoms with van der Waals surface area (Å²) in [5, 5.41) is 9.72. The summed E-state index contributed by atoms with van der Waals surface area (Å²) in [4.78, 5) is 12.9. The Labute approximate surface area is 188 Å². The van der Waals surface area contributed by atoms with Gasteiger partial charge in [0.2, 0.25) is 0 Å². The third kappa shape index (κ3) is 4.69. The topological polar surface area (TPSA) is 59.0 Å². The van der Waals surface area contributed by atoms with Gasteiger partial charge in [0.05, 0.1) is 13.2 Å². The summed E-state index contributed by atoms with van der Waals surface area (Å²) in [6.45, 7) is 4.85. The Balaban J connectivity index is 0.00000256. The molecule has 2 aliphatic heterocycles. The van der Waals surface area contributed by atoms with Crippen molar-refractivity contribution in [2.45, 2.75) is 38.2 Å². The van der Waals surface area contributed by atoms with Gasteiger partial charge in [0.1, 0.15) is 18.1 Å². The van der Waals surface area contributed by atoms with Crippen LogP contribution in [0, 0.1) is 0 Å². The lowest BCUT2D eigenvalue weighted by Gasteiger charge is -2.37. The molecule has 0 aliphatic carbocycles. The molecule has 1 N–H and O–H groups in total. The predicted molar refractivity (Wildman–Crippen MR) is 119 cm³/mol. The second-order valence-electron chi connectivity index (χ2n) is 7.96. The summed E-state index contributed by atoms with van der Waals surface area (Å²) in [7, 11) is 0. The van der Waals surface area contributed by atoms with Crippen molar-refractivity contribution in [1.29, 1.82) is 0 Å². The molecule has 162 valence electrons. The zero-order valence-corrected chi connectivity index (χ0v) is 18.6. The SMILES string of the molecule is CCc1ccc(Cl)c(COc2ccc3c(c2)OCC32CCN(CC(=O)O)CC2)c1.Cl. The summed E-state index contributed by atoms with van der Waals surface area (Å²) < 4.78 is 12.0. The van der Waals surface area contributed by atoms with Gasteiger partial charge < -0.3 is 14.6 Å². The zero-order valence-electron chi connectivity index (χ0n) is 17.0. The van der Waals surface area contributed by atoms with Crippen molar-refractivity contribution >= 4 is 30.0 Å². The number of fused-ring (bicyclic) bond motifs is 2. The molecular weight excluding hydrogens is 425 g/mol. The minimum Gasteiger partial charge on any atom is -0.492 e. The van der Waals surface area contributed by atoms with Crippen LogP contribution in [-0.2, 0) is 23.2 Å². The Morgan fingerprint density at radius 1 is 1.23 bits per heavy atom. The van der Waals surface area contributed by atoms with E-state index in [4.69, 9.17) is 26.2 Å². The van der Waals surface area contributed by atoms with E-state index in [1.807, 2.05) is 29.2 Å². The van der Waals surface area contributed by atoms with Crippen LogP contribution in [0.3, 0.4) is 0 Å². The number of carboxylic acid groups (broad SMARTS) is 1. The lowest BCUT2D eigenvalue weighted by atomic mass is 9.74. The number of piperidine rings is 1. The third-order valence-corrected chi connectivity index (χ3v) is 6.48. The summed E-state index contributed by atoms with van der Waals surface area (Å²) in [5.41, 5.74) is 3.42. The Kier molecular flexibility index (Phi) is 7.17. The van der Waals surface area contributed by atoms with Gasteiger partial charge in [-0.3, -0.25) is 9.69 Å². The minimum atomic E-state index is -0.768. The molecule has 2 aromatic rings. The van der Waals surface area contributed by atoms with Gasteiger partial charge in [-0.05, 0) is 50.0 Å². The molecule has 2 heterocycles. The van der Waals surface area contributed by atoms with E-state index in [0.29, 0.717) is 18.2 Å². The van der Waals surface area contributed by atoms with Crippen LogP contribution in [0.2, 0.25) is 5.02 Å². The molecule has 30 heavy (non-hydrogen) atoms. The highest BCUT2D eigenvalue weighted by atomic mass is 35.5. The highest BCUT2D eigenvalue weighted by Gasteiger charge is 2.43. The smallest absolute Gasteiger partial charge is 0.317 e. The number of aliphatic carboxylic acids is 1. The molecule has 1 saturated heterocycles. The van der Waals surface area contributed by atoms with Crippen LogP contribution >= 0.6 is 24.0 Å². The highest BCUT2D eigenvalue weighted by molar-refractivity contribution is 6.31. The number of halogens is 2. The van der Waals surface area contributed by atoms with Crippen molar-refractivity contribution in [2.75, 3.05) is 26.2 Å². The molecule has 0 radical (unpaired) electrons. The fourth-order valence-corrected chi connectivity index (χ4v) is 4.48. The van der Waals surface area contributed by atoms with E-state index in [9.17, 15) is 4.79 Å². The van der Waals surface area contributed by atoms with Crippen LogP contribution in [0.1, 0.15) is 36.5 Å². The summed E-state index contributed by atoms with van der Waals surface area (Å²) >= 11 is 6.31. The number of hydrogen-bond acceptors (Lipinski definition) is 4. The minimum absolute atomic E-state index is 0. The summed E-state index contributed by atoms with van der Waals surface area (Å²) in [6, 6.07) is 12.1. The molecule has 0 unspecified atom stereocenters. The number of rotatable bonds is 6. The number of likely N-dealkylation sites (tertiary alicyclic amines) is 1. The zero-order chi connectivity index (χ0) is 20.4. The van der Waals surface area contributed by atoms with Crippen molar-refractivity contribution in [3.8, 4) is 11.5 Å². The number of aryl methyl sites for hydroxylation is 1. The standard InChI is InChI=1S/C23H26ClNO4.ClH/c1-2-16-3-6-20(24)17(11-16)14-28-18-4-5-19-21(12-18)29-15-23(19)7-9-25(10-8-23)13-22(26)27;/h3-6,11-12H,2,7-10,13-15H2,1H3,(H,26,27);1H. The molecule has 2 aliphatic rings. The number of benzene rings is 2. The molecule has 0 amide bonds. The number of hydrogen-bond donors (Lipinski definition) is 1. The molecule has 0 atom stereocenters. The lowest BCUT2D eigenvalue weighted by Crippen LogP contribution is -2.45. The molecule has 0 bridgehead atoms. The largest absolute Gasteiger partial charge is 0.492 e. The number of ether oxygens (including phenoxy) is 2. The van der Waals surface area contributed by atoms with Crippen LogP contribution in [0.15, 0.2) is 36.4 Å². The van der Waals surface area contributed by atoms with Crippen molar-refractivity contribution < 1.29 is 19.4 Å². The second kappa shape index (κ2) is 9.46. The van der Waals surface area contributed by atoms with Crippen LogP contribution in [0.4, 0.5) is 0 Å². The van der Waals surface area contributed by atoms with Crippen molar-refractivity contribution in [3.63, 3.8) is 0 Å². The average molecular weight is 452 g/mol. The molecule has 2 aromatic carbocycles. The highest BCUT2D eigenvalue weighted by Crippen LogP contribution is 2.46. The molecule has 4 rings (SSSR count). The van der Waals surface area contributed by atoms with E-state index in [0.717, 1.165) is 49.4 Å². The van der Waals surface area contributed by atoms with E-state index in [2.05, 4.69) is 19.1 Å². The Morgan fingerprint density at radius 2 is 2.00 bits per heavy atom. The van der Waals surface area contributed by atoms with Gasteiger partial charge in [-0.15, -0.1) is 12.4 Å². The normalized spacial score (nSPS) is 17.1. The number of carbonyl (C=O) groups is 1. The van der Waals surface area contributed by atoms with Gasteiger partial charge in [-0.2, -0.15) is 0 Å². The van der Waals surface area contributed by atoms with Gasteiger partial charge in [0.25, 0.3) is 0 Å². The van der Waals surface area contributed by atoms with Crippen molar-refractivity contribution in [1.82, 2.24) is 4.90 Å². The van der Waals surface area contributed by atoms with Crippen LogP contribution in [0.25, 0.3) is 0 Å². The number of nitrogens with zero attached hydrogens (tertiary/aromatic N) is 1. The second-order valence-corrected chi connectivity index (χ2v) is 8.37. The van der Waals surface area contributed by atoms with Gasteiger partial charge in [-0.25, -0.2) is 0 Å². The van der Waals surface area contributed by atoms with Crippen molar-refractivity contribution in [3.05, 3.63) is 58.1 Å². The molecule has 0 saturated carbocycles. The van der Waals surface area contributed by atoms with Crippen LogP contribution < -0.4 is 9.47 Å². The third-order valence-electron chi connectivity index (χ3n) is 6.11. The predicted octanol–water partition coefficient (Wildman–Crippen LogP) is 4.71. The van der Waals surface area contributed by atoms with E-state index >= 15 is 0 Å². The maximum atomic E-state index is 10.9. The van der Waals surface area contributed by atoms with Crippen LogP contribution in [-0.4, -0.2) is 42.2 Å². The van der Waals surface area contributed by atoms with Gasteiger partial charge in [0, 0.05) is 27.6 Å². The first-order valence-corrected chi connectivity index (χ1v) is 10.5. The molecule has 5 nitrogen and oxygen atoms in total. The van der Waals surface area contributed by atoms with E-state index in [1.54, 1.807) is 0 Å². The first-order chi connectivity index (χ1) is 14.0. The Bertz CT molecular complexity index is 910. The molecule has 7 heteroatoms.